The van der Waals surface area contributed by atoms with Crippen LogP contribution in [0.2, 0.25) is 0 Å². The maximum atomic E-state index is 5.80. The van der Waals surface area contributed by atoms with E-state index >= 15 is 0 Å². The lowest BCUT2D eigenvalue weighted by Crippen LogP contribution is -2.50. The lowest BCUT2D eigenvalue weighted by Gasteiger charge is -2.40. The molecule has 3 heteroatoms. The van der Waals surface area contributed by atoms with E-state index in [2.05, 4.69) is 31.1 Å². The van der Waals surface area contributed by atoms with Crippen LogP contribution in [0.1, 0.15) is 39.5 Å². The van der Waals surface area contributed by atoms with Gasteiger partial charge in [-0.1, -0.05) is 12.8 Å². The highest BCUT2D eigenvalue weighted by molar-refractivity contribution is 4.84. The van der Waals surface area contributed by atoms with E-state index in [1.165, 1.54) is 32.2 Å². The van der Waals surface area contributed by atoms with Crippen molar-refractivity contribution in [2.75, 3.05) is 26.7 Å². The van der Waals surface area contributed by atoms with Gasteiger partial charge in [-0.05, 0) is 39.7 Å². The van der Waals surface area contributed by atoms with Crippen molar-refractivity contribution in [1.82, 2.24) is 10.2 Å². The van der Waals surface area contributed by atoms with Gasteiger partial charge in [0.15, 0.2) is 0 Å². The lowest BCUT2D eigenvalue weighted by molar-refractivity contribution is -0.0734. The predicted molar refractivity (Wildman–Crippen MR) is 71.3 cm³/mol. The number of hydrogen-bond acceptors (Lipinski definition) is 3. The van der Waals surface area contributed by atoms with Gasteiger partial charge in [-0.2, -0.15) is 0 Å². The average Bonchev–Trinajstić information content (AvgIpc) is 2.28. The van der Waals surface area contributed by atoms with Crippen molar-refractivity contribution < 1.29 is 4.74 Å². The highest BCUT2D eigenvalue weighted by Gasteiger charge is 2.29. The molecule has 2 rings (SSSR count). The van der Waals surface area contributed by atoms with Crippen molar-refractivity contribution in [1.29, 1.82) is 0 Å². The van der Waals surface area contributed by atoms with Crippen LogP contribution < -0.4 is 5.32 Å². The number of ether oxygens (including phenoxy) is 1. The minimum Gasteiger partial charge on any atom is -0.373 e. The zero-order valence-electron chi connectivity index (χ0n) is 11.6. The molecule has 1 heterocycles. The summed E-state index contributed by atoms with van der Waals surface area (Å²) in [5.74, 6) is 0.839. The largest absolute Gasteiger partial charge is 0.373 e. The minimum atomic E-state index is 0.398. The Bertz CT molecular complexity index is 224. The topological polar surface area (TPSA) is 24.5 Å². The van der Waals surface area contributed by atoms with E-state index in [0.717, 1.165) is 25.0 Å². The first-order valence-corrected chi connectivity index (χ1v) is 7.24. The highest BCUT2D eigenvalue weighted by Crippen LogP contribution is 2.26. The van der Waals surface area contributed by atoms with Gasteiger partial charge >= 0.3 is 0 Å². The predicted octanol–water partition coefficient (Wildman–Crippen LogP) is 1.87. The number of rotatable bonds is 3. The Balaban J connectivity index is 1.85. The second-order valence-corrected chi connectivity index (χ2v) is 5.92. The Morgan fingerprint density at radius 1 is 1.12 bits per heavy atom. The summed E-state index contributed by atoms with van der Waals surface area (Å²) in [7, 11) is 2.12. The highest BCUT2D eigenvalue weighted by atomic mass is 16.5. The molecule has 17 heavy (non-hydrogen) atoms. The molecule has 100 valence electrons. The molecule has 1 N–H and O–H groups in total. The fraction of sp³-hybridized carbons (Fsp3) is 1.00. The molecule has 0 radical (unpaired) electrons. The van der Waals surface area contributed by atoms with E-state index in [-0.39, 0.29) is 0 Å². The summed E-state index contributed by atoms with van der Waals surface area (Å²) in [5.41, 5.74) is 0. The third-order valence-corrected chi connectivity index (χ3v) is 4.27. The lowest BCUT2D eigenvalue weighted by atomic mass is 9.84. The Kier molecular flexibility index (Phi) is 4.83. The van der Waals surface area contributed by atoms with E-state index in [0.29, 0.717) is 12.2 Å². The molecule has 1 aliphatic carbocycles. The van der Waals surface area contributed by atoms with Crippen LogP contribution in [-0.2, 0) is 4.74 Å². The van der Waals surface area contributed by atoms with Gasteiger partial charge in [0.1, 0.15) is 0 Å². The van der Waals surface area contributed by atoms with Crippen LogP contribution in [0.4, 0.5) is 0 Å². The van der Waals surface area contributed by atoms with Gasteiger partial charge in [0, 0.05) is 25.7 Å². The molecule has 2 aliphatic rings. The van der Waals surface area contributed by atoms with Crippen LogP contribution in [0.3, 0.4) is 0 Å². The van der Waals surface area contributed by atoms with Crippen molar-refractivity contribution in [3.8, 4) is 0 Å². The third-order valence-electron chi connectivity index (χ3n) is 4.27. The van der Waals surface area contributed by atoms with Crippen molar-refractivity contribution in [2.24, 2.45) is 5.92 Å². The quantitative estimate of drug-likeness (QED) is 0.815. The first-order chi connectivity index (χ1) is 8.19. The molecule has 0 aromatic carbocycles. The Labute approximate surface area is 106 Å². The summed E-state index contributed by atoms with van der Waals surface area (Å²) in [6.07, 6.45) is 6.36. The first-order valence-electron chi connectivity index (χ1n) is 7.24. The SMILES string of the molecule is CNC1CCCCC1CN1C[C@@H](C)O[C@@H](C)C1. The van der Waals surface area contributed by atoms with Gasteiger partial charge in [-0.3, -0.25) is 4.90 Å². The average molecular weight is 240 g/mol. The van der Waals surface area contributed by atoms with Gasteiger partial charge in [-0.25, -0.2) is 0 Å². The number of nitrogens with one attached hydrogen (secondary N) is 1. The van der Waals surface area contributed by atoms with Crippen LogP contribution in [0.5, 0.6) is 0 Å². The first kappa shape index (κ1) is 13.3. The summed E-state index contributed by atoms with van der Waals surface area (Å²) in [5, 5.41) is 3.51. The summed E-state index contributed by atoms with van der Waals surface area (Å²) in [6, 6.07) is 0.734. The molecule has 4 atom stereocenters. The van der Waals surface area contributed by atoms with E-state index in [1.807, 2.05) is 0 Å². The molecule has 2 unspecified atom stereocenters. The fourth-order valence-electron chi connectivity index (χ4n) is 3.57. The number of hydrogen-bond donors (Lipinski definition) is 1. The maximum Gasteiger partial charge on any atom is 0.0678 e. The summed E-state index contributed by atoms with van der Waals surface area (Å²) < 4.78 is 5.80. The summed E-state index contributed by atoms with van der Waals surface area (Å²) in [4.78, 5) is 2.61. The third kappa shape index (κ3) is 3.67. The van der Waals surface area contributed by atoms with Crippen LogP contribution >= 0.6 is 0 Å². The monoisotopic (exact) mass is 240 g/mol. The summed E-state index contributed by atoms with van der Waals surface area (Å²) >= 11 is 0. The molecule has 0 spiro atoms. The fourth-order valence-corrected chi connectivity index (χ4v) is 3.57. The molecule has 2 fully saturated rings. The van der Waals surface area contributed by atoms with Gasteiger partial charge in [-0.15, -0.1) is 0 Å². The molecule has 0 bridgehead atoms. The zero-order valence-corrected chi connectivity index (χ0v) is 11.6. The smallest absolute Gasteiger partial charge is 0.0678 e. The normalized spacial score (nSPS) is 40.4. The van der Waals surface area contributed by atoms with E-state index in [9.17, 15) is 0 Å². The maximum absolute atomic E-state index is 5.80. The van der Waals surface area contributed by atoms with E-state index < -0.39 is 0 Å². The molecule has 0 aromatic heterocycles. The van der Waals surface area contributed by atoms with Crippen LogP contribution in [-0.4, -0.2) is 49.8 Å². The number of morpholine rings is 1. The molecule has 3 nitrogen and oxygen atoms in total. The van der Waals surface area contributed by atoms with Gasteiger partial charge in [0.25, 0.3) is 0 Å². The zero-order chi connectivity index (χ0) is 12.3. The van der Waals surface area contributed by atoms with Crippen molar-refractivity contribution in [2.45, 2.75) is 57.8 Å². The van der Waals surface area contributed by atoms with Crippen molar-refractivity contribution in [3.05, 3.63) is 0 Å². The standard InChI is InChI=1S/C14H28N2O/c1-11-8-16(9-12(2)17-11)10-13-6-4-5-7-14(13)15-3/h11-15H,4-10H2,1-3H3/t11-,12+,13?,14?. The second-order valence-electron chi connectivity index (χ2n) is 5.92. The molecule has 1 saturated carbocycles. The van der Waals surface area contributed by atoms with Crippen molar-refractivity contribution >= 4 is 0 Å². The molecule has 0 aromatic rings. The molecule has 1 aliphatic heterocycles. The minimum absolute atomic E-state index is 0.398. The summed E-state index contributed by atoms with van der Waals surface area (Å²) in [6.45, 7) is 7.86. The van der Waals surface area contributed by atoms with Crippen molar-refractivity contribution in [3.63, 3.8) is 0 Å². The molecule has 0 amide bonds. The Morgan fingerprint density at radius 2 is 1.76 bits per heavy atom. The van der Waals surface area contributed by atoms with Crippen LogP contribution in [0.15, 0.2) is 0 Å². The van der Waals surface area contributed by atoms with Crippen LogP contribution in [0, 0.1) is 5.92 Å². The van der Waals surface area contributed by atoms with Gasteiger partial charge < -0.3 is 10.1 Å². The Hall–Kier alpha value is -0.120. The Morgan fingerprint density at radius 3 is 2.41 bits per heavy atom. The second kappa shape index (κ2) is 6.17. The molecule has 1 saturated heterocycles. The number of nitrogens with zero attached hydrogens (tertiary/aromatic N) is 1. The van der Waals surface area contributed by atoms with E-state index in [1.54, 1.807) is 0 Å². The van der Waals surface area contributed by atoms with Gasteiger partial charge in [0.05, 0.1) is 12.2 Å². The molecular formula is C14H28N2O. The van der Waals surface area contributed by atoms with Gasteiger partial charge in [0.2, 0.25) is 0 Å². The molecular weight excluding hydrogens is 212 g/mol. The van der Waals surface area contributed by atoms with Crippen LogP contribution in [0.25, 0.3) is 0 Å². The van der Waals surface area contributed by atoms with E-state index in [4.69, 9.17) is 4.74 Å².